The van der Waals surface area contributed by atoms with Crippen molar-refractivity contribution >= 4 is 36.5 Å². The van der Waals surface area contributed by atoms with Crippen LogP contribution in [0.5, 0.6) is 5.75 Å². The largest absolute Gasteiger partial charge is 0.465 e. The second-order valence-corrected chi connectivity index (χ2v) is 10.3. The molecule has 0 aliphatic carbocycles. The van der Waals surface area contributed by atoms with E-state index in [-0.39, 0.29) is 43.2 Å². The van der Waals surface area contributed by atoms with E-state index in [1.807, 2.05) is 0 Å². The van der Waals surface area contributed by atoms with Crippen LogP contribution in [0.1, 0.15) is 20.8 Å². The highest BCUT2D eigenvalue weighted by Crippen LogP contribution is 2.37. The number of anilines is 1. The molecule has 2 aromatic heterocycles. The van der Waals surface area contributed by atoms with Crippen molar-refractivity contribution in [3.63, 3.8) is 0 Å². The summed E-state index contributed by atoms with van der Waals surface area (Å²) in [5.74, 6) is -0.998. The molecule has 3 aromatic rings. The summed E-state index contributed by atoms with van der Waals surface area (Å²) in [6, 6.07) is 6.48. The molecule has 15 heteroatoms. The number of nitrogen functional groups attached to an aromatic ring is 1. The molecule has 0 amide bonds. The first-order chi connectivity index (χ1) is 17.6. The minimum Gasteiger partial charge on any atom is -0.465 e. The fraction of sp³-hybridized carbons (Fsp3) is 0.409. The van der Waals surface area contributed by atoms with Crippen LogP contribution in [0.2, 0.25) is 0 Å². The van der Waals surface area contributed by atoms with Crippen LogP contribution < -0.4 is 26.2 Å². The van der Waals surface area contributed by atoms with Gasteiger partial charge in [0.25, 0.3) is 5.56 Å². The first kappa shape index (κ1) is 28.0. The van der Waals surface area contributed by atoms with Crippen LogP contribution in [0.3, 0.4) is 0 Å². The molecule has 0 fully saturated rings. The van der Waals surface area contributed by atoms with Crippen LogP contribution in [0.4, 0.5) is 5.95 Å². The van der Waals surface area contributed by atoms with Crippen molar-refractivity contribution < 1.29 is 28.4 Å². The summed E-state index contributed by atoms with van der Waals surface area (Å²) < 4.78 is 31.2. The molecule has 0 spiro atoms. The third-order valence-corrected chi connectivity index (χ3v) is 7.16. The zero-order valence-electron chi connectivity index (χ0n) is 20.7. The molecule has 0 bridgehead atoms. The summed E-state index contributed by atoms with van der Waals surface area (Å²) in [6.45, 7) is 5.04. The molecule has 1 unspecified atom stereocenters. The molecule has 14 nitrogen and oxygen atoms in total. The standard InChI is InChI=1S/C22H30N7O7P/c1-4-35-20(31)14(2)27-37(33,28-15(3)21(32)36-16-8-6-5-7-9-16)13-34-11-10-29-12-24-17-18(29)25-22(23)26-19(17)30/h5-9,12,14-15H,4,10-11,13H2,1-3H3,(H2,27,28,33)(H3,23,25,26,30)/t14-,15-,37?/m1/s1. The highest BCUT2D eigenvalue weighted by molar-refractivity contribution is 7.59. The number of esters is 2. The monoisotopic (exact) mass is 535 g/mol. The van der Waals surface area contributed by atoms with E-state index in [2.05, 4.69) is 25.1 Å². The number of carbonyl (C=O) groups is 2. The normalized spacial score (nSPS) is 14.6. The third kappa shape index (κ3) is 7.70. The van der Waals surface area contributed by atoms with Crippen molar-refractivity contribution in [2.75, 3.05) is 25.3 Å². The Balaban J connectivity index is 1.66. The molecular weight excluding hydrogens is 505 g/mol. The highest BCUT2D eigenvalue weighted by atomic mass is 31.2. The Kier molecular flexibility index (Phi) is 9.53. The van der Waals surface area contributed by atoms with Crippen molar-refractivity contribution in [2.24, 2.45) is 0 Å². The SMILES string of the molecule is CCOC(=O)[C@@H](C)NP(=O)(COCCn1cnc2c(=O)[nH]c(N)nc21)N[C@H](C)C(=O)Oc1ccccc1. The summed E-state index contributed by atoms with van der Waals surface area (Å²) in [6.07, 6.45) is 1.04. The lowest BCUT2D eigenvalue weighted by Gasteiger charge is -2.26. The van der Waals surface area contributed by atoms with Gasteiger partial charge in [0.2, 0.25) is 13.4 Å². The number of fused-ring (bicyclic) bond motifs is 1. The molecule has 37 heavy (non-hydrogen) atoms. The minimum absolute atomic E-state index is 0.0455. The lowest BCUT2D eigenvalue weighted by molar-refractivity contribution is -0.144. The van der Waals surface area contributed by atoms with E-state index in [4.69, 9.17) is 19.9 Å². The highest BCUT2D eigenvalue weighted by Gasteiger charge is 2.32. The van der Waals surface area contributed by atoms with Crippen LogP contribution in [0, 0.1) is 0 Å². The van der Waals surface area contributed by atoms with Crippen molar-refractivity contribution in [2.45, 2.75) is 39.4 Å². The number of hydrogen-bond donors (Lipinski definition) is 4. The Hall–Kier alpha value is -3.58. The van der Waals surface area contributed by atoms with Gasteiger partial charge in [-0.3, -0.25) is 19.1 Å². The predicted octanol–water partition coefficient (Wildman–Crippen LogP) is 0.994. The number of nitrogens with one attached hydrogen (secondary N) is 3. The number of para-hydroxylation sites is 1. The molecular formula is C22H30N7O7P. The number of ether oxygens (including phenoxy) is 3. The van der Waals surface area contributed by atoms with E-state index in [1.165, 1.54) is 20.2 Å². The third-order valence-electron chi connectivity index (χ3n) is 5.00. The first-order valence-corrected chi connectivity index (χ1v) is 13.4. The lowest BCUT2D eigenvalue weighted by atomic mass is 10.3. The average molecular weight is 535 g/mol. The summed E-state index contributed by atoms with van der Waals surface area (Å²) in [5.41, 5.74) is 5.54. The predicted molar refractivity (Wildman–Crippen MR) is 135 cm³/mol. The summed E-state index contributed by atoms with van der Waals surface area (Å²) in [7, 11) is -3.68. The van der Waals surface area contributed by atoms with Crippen molar-refractivity contribution in [3.05, 3.63) is 47.0 Å². The summed E-state index contributed by atoms with van der Waals surface area (Å²) in [5, 5.41) is 5.43. The first-order valence-electron chi connectivity index (χ1n) is 11.5. The Morgan fingerprint density at radius 2 is 1.84 bits per heavy atom. The maximum atomic E-state index is 13.7. The lowest BCUT2D eigenvalue weighted by Crippen LogP contribution is -2.43. The zero-order valence-corrected chi connectivity index (χ0v) is 21.6. The summed E-state index contributed by atoms with van der Waals surface area (Å²) in [4.78, 5) is 47.1. The Morgan fingerprint density at radius 3 is 2.51 bits per heavy atom. The number of aromatic nitrogens is 4. The number of nitrogens with zero attached hydrogens (tertiary/aromatic N) is 3. The van der Waals surface area contributed by atoms with Gasteiger partial charge in [0.1, 0.15) is 24.2 Å². The zero-order chi connectivity index (χ0) is 27.0. The van der Waals surface area contributed by atoms with Gasteiger partial charge in [-0.25, -0.2) is 20.0 Å². The van der Waals surface area contributed by atoms with Gasteiger partial charge in [-0.2, -0.15) is 4.98 Å². The number of aromatic amines is 1. The average Bonchev–Trinajstić information content (AvgIpc) is 3.25. The van der Waals surface area contributed by atoms with Gasteiger partial charge >= 0.3 is 11.9 Å². The van der Waals surface area contributed by atoms with E-state index in [0.717, 1.165) is 0 Å². The number of hydrogen-bond acceptors (Lipinski definition) is 10. The maximum absolute atomic E-state index is 13.7. The van der Waals surface area contributed by atoms with E-state index in [0.29, 0.717) is 5.75 Å². The molecule has 5 N–H and O–H groups in total. The van der Waals surface area contributed by atoms with Gasteiger partial charge in [-0.05, 0) is 32.9 Å². The fourth-order valence-corrected chi connectivity index (χ4v) is 5.37. The molecule has 3 atom stereocenters. The fourth-order valence-electron chi connectivity index (χ4n) is 3.29. The maximum Gasteiger partial charge on any atom is 0.328 e. The quantitative estimate of drug-likeness (QED) is 0.105. The number of rotatable bonds is 13. The number of nitrogens with two attached hydrogens (primary N) is 1. The second-order valence-electron chi connectivity index (χ2n) is 8.03. The number of carbonyl (C=O) groups excluding carboxylic acids is 2. The minimum atomic E-state index is -3.68. The van der Waals surface area contributed by atoms with E-state index in [1.54, 1.807) is 41.8 Å². The van der Waals surface area contributed by atoms with Crippen LogP contribution in [-0.2, 0) is 30.2 Å². The van der Waals surface area contributed by atoms with Gasteiger partial charge in [0.15, 0.2) is 11.2 Å². The molecule has 1 aromatic carbocycles. The van der Waals surface area contributed by atoms with Crippen molar-refractivity contribution in [3.8, 4) is 5.75 Å². The number of H-pyrrole nitrogens is 1. The van der Waals surface area contributed by atoms with Gasteiger partial charge in [-0.15, -0.1) is 0 Å². The topological polar surface area (TPSA) is 193 Å². The van der Waals surface area contributed by atoms with E-state index in [9.17, 15) is 18.9 Å². The Morgan fingerprint density at radius 1 is 1.16 bits per heavy atom. The second kappa shape index (κ2) is 12.6. The molecule has 0 aliphatic rings. The molecule has 0 radical (unpaired) electrons. The number of benzene rings is 1. The van der Waals surface area contributed by atoms with Gasteiger partial charge < -0.3 is 24.5 Å². The number of imidazole rings is 1. The van der Waals surface area contributed by atoms with E-state index < -0.39 is 37.0 Å². The van der Waals surface area contributed by atoms with Crippen LogP contribution in [-0.4, -0.2) is 63.1 Å². The van der Waals surface area contributed by atoms with Crippen LogP contribution in [0.15, 0.2) is 41.5 Å². The Labute approximate surface area is 212 Å². The molecule has 0 aliphatic heterocycles. The summed E-state index contributed by atoms with van der Waals surface area (Å²) >= 11 is 0. The van der Waals surface area contributed by atoms with Gasteiger partial charge in [0, 0.05) is 6.54 Å². The Bertz CT molecular complexity index is 1330. The van der Waals surface area contributed by atoms with Crippen LogP contribution >= 0.6 is 7.44 Å². The molecule has 0 saturated carbocycles. The van der Waals surface area contributed by atoms with Crippen LogP contribution in [0.25, 0.3) is 11.2 Å². The van der Waals surface area contributed by atoms with Gasteiger partial charge in [0.05, 0.1) is 19.5 Å². The smallest absolute Gasteiger partial charge is 0.328 e. The molecule has 0 saturated heterocycles. The van der Waals surface area contributed by atoms with Crippen molar-refractivity contribution in [1.29, 1.82) is 0 Å². The molecule has 3 rings (SSSR count). The van der Waals surface area contributed by atoms with E-state index >= 15 is 0 Å². The van der Waals surface area contributed by atoms with Gasteiger partial charge in [-0.1, -0.05) is 18.2 Å². The van der Waals surface area contributed by atoms with Crippen molar-refractivity contribution in [1.82, 2.24) is 29.7 Å². The molecule has 200 valence electrons. The molecule has 2 heterocycles.